The highest BCUT2D eigenvalue weighted by molar-refractivity contribution is 5.76. The molecule has 1 fully saturated rings. The summed E-state index contributed by atoms with van der Waals surface area (Å²) in [6.07, 6.45) is 69.4. The van der Waals surface area contributed by atoms with Crippen molar-refractivity contribution < 1.29 is 49.3 Å². The molecule has 82 heavy (non-hydrogen) atoms. The highest BCUT2D eigenvalue weighted by Gasteiger charge is 2.44. The fraction of sp³-hybridized carbons (Fsp3) is 0.831. The Balaban J connectivity index is 1.96. The number of ether oxygens (including phenoxy) is 3. The molecule has 7 atom stereocenters. The van der Waals surface area contributed by atoms with E-state index in [9.17, 15) is 35.1 Å². The summed E-state index contributed by atoms with van der Waals surface area (Å²) in [7, 11) is 0. The number of hydrogen-bond acceptors (Lipinski definition) is 10. The van der Waals surface area contributed by atoms with E-state index in [2.05, 4.69) is 67.8 Å². The maximum atomic E-state index is 13.0. The topological polar surface area (TPSA) is 175 Å². The van der Waals surface area contributed by atoms with Crippen molar-refractivity contribution in [2.45, 2.75) is 358 Å². The number of unbranched alkanes of at least 4 members (excludes halogenated alkanes) is 38. The monoisotopic (exact) mass is 1160 g/mol. The lowest BCUT2D eigenvalue weighted by molar-refractivity contribution is -0.302. The van der Waals surface area contributed by atoms with Crippen LogP contribution in [0.5, 0.6) is 0 Å². The van der Waals surface area contributed by atoms with Gasteiger partial charge < -0.3 is 45.1 Å². The summed E-state index contributed by atoms with van der Waals surface area (Å²) in [5.74, 6) is -0.203. The molecule has 1 saturated heterocycles. The third-order valence-corrected chi connectivity index (χ3v) is 16.1. The van der Waals surface area contributed by atoms with Crippen molar-refractivity contribution in [2.24, 2.45) is 0 Å². The van der Waals surface area contributed by atoms with Crippen LogP contribution in [-0.2, 0) is 23.8 Å². The largest absolute Gasteiger partial charge is 0.466 e. The average molecular weight is 1160 g/mol. The molecule has 0 radical (unpaired) electrons. The molecule has 0 aromatic carbocycles. The van der Waals surface area contributed by atoms with Gasteiger partial charge in [-0.25, -0.2) is 0 Å². The van der Waals surface area contributed by atoms with Crippen LogP contribution in [0.4, 0.5) is 0 Å². The van der Waals surface area contributed by atoms with Gasteiger partial charge in [0.25, 0.3) is 0 Å². The minimum absolute atomic E-state index is 0.00229. The predicted octanol–water partition coefficient (Wildman–Crippen LogP) is 17.3. The number of allylic oxidation sites excluding steroid dienone is 9. The van der Waals surface area contributed by atoms with Crippen molar-refractivity contribution in [2.75, 3.05) is 19.8 Å². The normalized spacial score (nSPS) is 18.5. The first-order valence-electron chi connectivity index (χ1n) is 34.6. The Kier molecular flexibility index (Phi) is 56.7. The summed E-state index contributed by atoms with van der Waals surface area (Å²) in [6.45, 7) is 4.21. The van der Waals surface area contributed by atoms with Crippen molar-refractivity contribution in [1.82, 2.24) is 5.32 Å². The van der Waals surface area contributed by atoms with Crippen molar-refractivity contribution in [3.8, 4) is 0 Å². The van der Waals surface area contributed by atoms with E-state index in [0.29, 0.717) is 19.4 Å². The molecule has 1 aliphatic rings. The third-order valence-electron chi connectivity index (χ3n) is 16.1. The summed E-state index contributed by atoms with van der Waals surface area (Å²) >= 11 is 0. The van der Waals surface area contributed by atoms with Crippen LogP contribution in [0.2, 0.25) is 0 Å². The van der Waals surface area contributed by atoms with Gasteiger partial charge in [0.15, 0.2) is 6.29 Å². The predicted molar refractivity (Wildman–Crippen MR) is 343 cm³/mol. The van der Waals surface area contributed by atoms with Crippen molar-refractivity contribution >= 4 is 11.9 Å². The minimum atomic E-state index is -1.58. The molecular formula is C71H129NO10. The van der Waals surface area contributed by atoms with Gasteiger partial charge >= 0.3 is 5.97 Å². The summed E-state index contributed by atoms with van der Waals surface area (Å²) in [6, 6.07) is -0.839. The van der Waals surface area contributed by atoms with E-state index < -0.39 is 49.5 Å². The van der Waals surface area contributed by atoms with Crippen LogP contribution >= 0.6 is 0 Å². The lowest BCUT2D eigenvalue weighted by atomic mass is 9.99. The summed E-state index contributed by atoms with van der Waals surface area (Å²) < 4.78 is 16.7. The van der Waals surface area contributed by atoms with Crippen molar-refractivity contribution in [3.63, 3.8) is 0 Å². The quantitative estimate of drug-likeness (QED) is 0.0195. The molecule has 478 valence electrons. The first-order valence-corrected chi connectivity index (χ1v) is 34.6. The Hall–Kier alpha value is -2.64. The van der Waals surface area contributed by atoms with Gasteiger partial charge in [-0.2, -0.15) is 0 Å². The number of aliphatic hydroxyl groups excluding tert-OH is 5. The average Bonchev–Trinajstić information content (AvgIpc) is 3.50. The molecule has 1 aliphatic heterocycles. The van der Waals surface area contributed by atoms with Crippen molar-refractivity contribution in [1.29, 1.82) is 0 Å². The molecule has 1 heterocycles. The van der Waals surface area contributed by atoms with Gasteiger partial charge in [-0.3, -0.25) is 9.59 Å². The highest BCUT2D eigenvalue weighted by Crippen LogP contribution is 2.23. The van der Waals surface area contributed by atoms with Crippen LogP contribution in [0.3, 0.4) is 0 Å². The van der Waals surface area contributed by atoms with E-state index in [0.717, 1.165) is 96.3 Å². The Morgan fingerprint density at radius 3 is 1.33 bits per heavy atom. The molecule has 0 aromatic heterocycles. The molecule has 11 heteroatoms. The molecule has 1 rings (SSSR count). The molecule has 7 unspecified atom stereocenters. The summed E-state index contributed by atoms with van der Waals surface area (Å²) in [4.78, 5) is 25.1. The molecule has 0 saturated carbocycles. The second kappa shape index (κ2) is 60.1. The van der Waals surface area contributed by atoms with Gasteiger partial charge in [0.2, 0.25) is 5.91 Å². The summed E-state index contributed by atoms with van der Waals surface area (Å²) in [5.41, 5.74) is 0. The van der Waals surface area contributed by atoms with E-state index >= 15 is 0 Å². The van der Waals surface area contributed by atoms with Crippen LogP contribution < -0.4 is 5.32 Å². The van der Waals surface area contributed by atoms with Gasteiger partial charge in [0.05, 0.1) is 32.0 Å². The maximum Gasteiger partial charge on any atom is 0.305 e. The van der Waals surface area contributed by atoms with Gasteiger partial charge in [0, 0.05) is 12.8 Å². The number of esters is 1. The molecule has 6 N–H and O–H groups in total. The zero-order valence-electron chi connectivity index (χ0n) is 52.9. The third kappa shape index (κ3) is 48.6. The first kappa shape index (κ1) is 77.4. The lowest BCUT2D eigenvalue weighted by Gasteiger charge is -2.40. The number of nitrogens with one attached hydrogen (secondary N) is 1. The summed E-state index contributed by atoms with van der Waals surface area (Å²) in [5, 5.41) is 54.2. The number of rotatable bonds is 60. The van der Waals surface area contributed by atoms with E-state index in [4.69, 9.17) is 14.2 Å². The van der Waals surface area contributed by atoms with E-state index in [1.165, 1.54) is 193 Å². The van der Waals surface area contributed by atoms with Crippen LogP contribution in [0, 0.1) is 0 Å². The maximum absolute atomic E-state index is 13.0. The molecule has 0 bridgehead atoms. The Labute approximate surface area is 503 Å². The molecular weight excluding hydrogens is 1030 g/mol. The van der Waals surface area contributed by atoms with Crippen LogP contribution in [0.1, 0.15) is 316 Å². The second-order valence-corrected chi connectivity index (χ2v) is 23.8. The number of hydrogen-bond donors (Lipinski definition) is 6. The van der Waals surface area contributed by atoms with Gasteiger partial charge in [-0.05, 0) is 83.5 Å². The molecule has 0 aliphatic carbocycles. The molecule has 0 aromatic rings. The van der Waals surface area contributed by atoms with Crippen LogP contribution in [-0.4, -0.2) is 100 Å². The zero-order chi connectivity index (χ0) is 59.5. The molecule has 1 amide bonds. The van der Waals surface area contributed by atoms with Gasteiger partial charge in [0.1, 0.15) is 24.4 Å². The van der Waals surface area contributed by atoms with Gasteiger partial charge in [-0.1, -0.05) is 280 Å². The Bertz CT molecular complexity index is 1550. The second-order valence-electron chi connectivity index (χ2n) is 23.8. The smallest absolute Gasteiger partial charge is 0.305 e. The fourth-order valence-corrected chi connectivity index (χ4v) is 10.7. The standard InChI is InChI=1S/C71H129NO10/c1-3-5-7-9-11-13-15-16-17-18-26-30-33-36-39-43-47-51-55-59-67(76)80-60-56-52-48-44-40-37-34-31-28-25-23-21-19-20-22-24-27-29-32-35-38-42-46-50-54-58-66(75)72-63(62-81-71-70(79)69(78)68(77)65(61-73)82-71)64(74)57-53-49-45-41-14-12-10-8-6-4-2/h6,8,14,20-23,41,53,57,63-65,68-71,73-74,77-79H,3-5,7,9-13,15-19,24-40,42-52,54-56,58-62H2,1-2H3,(H,72,75)/b8-6+,22-20-,23-21-,41-14+,57-53+. The van der Waals surface area contributed by atoms with Crippen molar-refractivity contribution in [3.05, 3.63) is 60.8 Å². The number of carbonyl (C=O) groups excluding carboxylic acids is 2. The first-order chi connectivity index (χ1) is 40.2. The Morgan fingerprint density at radius 1 is 0.463 bits per heavy atom. The van der Waals surface area contributed by atoms with Crippen LogP contribution in [0.25, 0.3) is 0 Å². The SMILES string of the molecule is CC/C=C/CC/C=C/CC/C=C/C(O)C(COC1OC(CO)C(O)C(O)C1O)NC(=O)CCCCCCCCCCC/C=C\C/C=C\CCCCCCCCCCCOC(=O)CCCCCCCCCCCCCCCCCCCCC. The van der Waals surface area contributed by atoms with Crippen LogP contribution in [0.15, 0.2) is 60.8 Å². The Morgan fingerprint density at radius 2 is 0.866 bits per heavy atom. The van der Waals surface area contributed by atoms with E-state index in [1.807, 2.05) is 6.08 Å². The van der Waals surface area contributed by atoms with E-state index in [-0.39, 0.29) is 18.5 Å². The number of carbonyl (C=O) groups is 2. The van der Waals surface area contributed by atoms with E-state index in [1.54, 1.807) is 6.08 Å². The fourth-order valence-electron chi connectivity index (χ4n) is 10.7. The minimum Gasteiger partial charge on any atom is -0.466 e. The lowest BCUT2D eigenvalue weighted by Crippen LogP contribution is -2.60. The number of amides is 1. The highest BCUT2D eigenvalue weighted by atomic mass is 16.7. The van der Waals surface area contributed by atoms with Gasteiger partial charge in [-0.15, -0.1) is 0 Å². The zero-order valence-corrected chi connectivity index (χ0v) is 52.9. The molecule has 11 nitrogen and oxygen atoms in total. The molecule has 0 spiro atoms. The number of aliphatic hydroxyl groups is 5.